The zero-order valence-electron chi connectivity index (χ0n) is 15.8. The molecule has 1 aromatic heterocycles. The molecule has 2 rings (SSSR count). The Bertz CT molecular complexity index is 827. The first-order valence-electron chi connectivity index (χ1n) is 9.18. The number of pyridine rings is 1. The molecule has 6 nitrogen and oxygen atoms in total. The lowest BCUT2D eigenvalue weighted by atomic mass is 10.1. The lowest BCUT2D eigenvalue weighted by Gasteiger charge is -2.16. The van der Waals surface area contributed by atoms with Gasteiger partial charge < -0.3 is 19.8 Å². The highest BCUT2D eigenvalue weighted by molar-refractivity contribution is 5.90. The summed E-state index contributed by atoms with van der Waals surface area (Å²) in [5, 5.41) is 0.698. The second-order valence-corrected chi connectivity index (χ2v) is 6.46. The van der Waals surface area contributed by atoms with Crippen molar-refractivity contribution in [3.8, 4) is 11.5 Å². The van der Waals surface area contributed by atoms with Crippen molar-refractivity contribution < 1.29 is 14.3 Å². The zero-order chi connectivity index (χ0) is 19.1. The third kappa shape index (κ3) is 4.56. The fourth-order valence-electron chi connectivity index (χ4n) is 3.12. The number of benzene rings is 1. The van der Waals surface area contributed by atoms with Gasteiger partial charge in [-0.25, -0.2) is 0 Å². The van der Waals surface area contributed by atoms with Gasteiger partial charge in [0.1, 0.15) is 0 Å². The molecule has 0 aliphatic carbocycles. The highest BCUT2D eigenvalue weighted by Crippen LogP contribution is 2.33. The van der Waals surface area contributed by atoms with Gasteiger partial charge in [-0.1, -0.05) is 39.0 Å². The molecular formula is C20H28N2O4. The van der Waals surface area contributed by atoms with E-state index in [1.54, 1.807) is 22.8 Å². The van der Waals surface area contributed by atoms with Crippen LogP contribution < -0.4 is 20.8 Å². The molecular weight excluding hydrogens is 332 g/mol. The van der Waals surface area contributed by atoms with Gasteiger partial charge in [0.15, 0.2) is 5.75 Å². The quantitative estimate of drug-likeness (QED) is 0.417. The maximum absolute atomic E-state index is 12.9. The number of methoxy groups -OCH3 is 1. The Balaban J connectivity index is 2.42. The summed E-state index contributed by atoms with van der Waals surface area (Å²) < 4.78 is 12.2. The van der Waals surface area contributed by atoms with Gasteiger partial charge >= 0.3 is 5.97 Å². The zero-order valence-corrected chi connectivity index (χ0v) is 15.8. The van der Waals surface area contributed by atoms with Crippen LogP contribution in [0.4, 0.5) is 5.69 Å². The number of nitrogens with zero attached hydrogens (tertiary/aromatic N) is 1. The van der Waals surface area contributed by atoms with Crippen LogP contribution in [0.2, 0.25) is 0 Å². The first-order chi connectivity index (χ1) is 12.5. The normalized spacial score (nSPS) is 10.9. The van der Waals surface area contributed by atoms with Gasteiger partial charge in [-0.3, -0.25) is 9.59 Å². The molecule has 6 heteroatoms. The minimum atomic E-state index is -0.554. The first kappa shape index (κ1) is 19.8. The van der Waals surface area contributed by atoms with Gasteiger partial charge in [0.25, 0.3) is 5.56 Å². The number of hydrogen-bond donors (Lipinski definition) is 1. The summed E-state index contributed by atoms with van der Waals surface area (Å²) in [7, 11) is 1.45. The summed E-state index contributed by atoms with van der Waals surface area (Å²) in [6.45, 7) is 4.00. The molecule has 2 aromatic rings. The summed E-state index contributed by atoms with van der Waals surface area (Å²) in [5.74, 6) is -0.357. The van der Waals surface area contributed by atoms with Crippen LogP contribution >= 0.6 is 0 Å². The molecule has 0 unspecified atom stereocenters. The van der Waals surface area contributed by atoms with E-state index in [9.17, 15) is 9.59 Å². The number of aromatic nitrogens is 1. The van der Waals surface area contributed by atoms with Crippen molar-refractivity contribution in [1.29, 1.82) is 0 Å². The third-order valence-electron chi connectivity index (χ3n) is 4.39. The number of carbonyl (C=O) groups is 1. The molecule has 0 aliphatic rings. The molecule has 2 N–H and O–H groups in total. The number of nitrogens with two attached hydrogens (primary N) is 1. The van der Waals surface area contributed by atoms with Gasteiger partial charge in [-0.2, -0.15) is 0 Å². The maximum atomic E-state index is 12.9. The van der Waals surface area contributed by atoms with E-state index < -0.39 is 5.97 Å². The van der Waals surface area contributed by atoms with Gasteiger partial charge in [-0.05, 0) is 24.6 Å². The predicted octanol–water partition coefficient (Wildman–Crippen LogP) is 3.88. The number of carbonyl (C=O) groups excluding carboxylic acids is 1. The number of hydrogen-bond acceptors (Lipinski definition) is 5. The molecule has 26 heavy (non-hydrogen) atoms. The summed E-state index contributed by atoms with van der Waals surface area (Å²) in [6.07, 6.45) is 6.71. The van der Waals surface area contributed by atoms with E-state index in [4.69, 9.17) is 15.2 Å². The molecule has 0 bridgehead atoms. The molecule has 142 valence electrons. The van der Waals surface area contributed by atoms with Gasteiger partial charge in [-0.15, -0.1) is 0 Å². The molecule has 0 fully saturated rings. The number of fused-ring (bicyclic) bond motifs is 1. The Hall–Kier alpha value is -2.50. The van der Waals surface area contributed by atoms with E-state index in [2.05, 4.69) is 6.92 Å². The fraction of sp³-hybridized carbons (Fsp3) is 0.500. The summed E-state index contributed by atoms with van der Waals surface area (Å²) in [5.41, 5.74) is 6.81. The van der Waals surface area contributed by atoms with Crippen molar-refractivity contribution in [1.82, 2.24) is 4.57 Å². The molecule has 0 aliphatic heterocycles. The van der Waals surface area contributed by atoms with Gasteiger partial charge in [0.2, 0.25) is 5.75 Å². The summed E-state index contributed by atoms with van der Waals surface area (Å²) in [6, 6.07) is 5.28. The van der Waals surface area contributed by atoms with Crippen LogP contribution in [0.3, 0.4) is 0 Å². The molecule has 0 amide bonds. The minimum absolute atomic E-state index is 0.0664. The molecule has 0 saturated carbocycles. The largest absolute Gasteiger partial charge is 0.492 e. The monoisotopic (exact) mass is 360 g/mol. The summed E-state index contributed by atoms with van der Waals surface area (Å²) >= 11 is 0. The Labute approximate surface area is 153 Å². The van der Waals surface area contributed by atoms with Crippen LogP contribution in [0.15, 0.2) is 23.0 Å². The number of unbranched alkanes of at least 4 members (excludes halogenated alkanes) is 5. The van der Waals surface area contributed by atoms with E-state index in [-0.39, 0.29) is 17.1 Å². The fourth-order valence-corrected chi connectivity index (χ4v) is 3.12. The lowest BCUT2D eigenvalue weighted by Crippen LogP contribution is -2.25. The third-order valence-corrected chi connectivity index (χ3v) is 4.39. The van der Waals surface area contributed by atoms with Crippen LogP contribution in [0.25, 0.3) is 10.9 Å². The molecule has 0 spiro atoms. The highest BCUT2D eigenvalue weighted by Gasteiger charge is 2.20. The number of esters is 1. The average Bonchev–Trinajstić information content (AvgIpc) is 2.60. The van der Waals surface area contributed by atoms with Crippen molar-refractivity contribution in [3.63, 3.8) is 0 Å². The topological polar surface area (TPSA) is 83.5 Å². The number of anilines is 1. The van der Waals surface area contributed by atoms with E-state index >= 15 is 0 Å². The van der Waals surface area contributed by atoms with Crippen molar-refractivity contribution in [2.75, 3.05) is 12.8 Å². The van der Waals surface area contributed by atoms with Gasteiger partial charge in [0.05, 0.1) is 12.6 Å². The van der Waals surface area contributed by atoms with Crippen LogP contribution in [-0.2, 0) is 11.3 Å². The van der Waals surface area contributed by atoms with Crippen molar-refractivity contribution >= 4 is 22.6 Å². The standard InChI is InChI=1S/C20H28N2O4/c1-4-5-6-7-8-9-12-22-17-13-15(21)10-11-16(17)18(25-3)19(20(22)24)26-14(2)23/h10-11,13H,4-9,12,21H2,1-3H3. The number of aryl methyl sites for hydroxylation is 1. The molecule has 1 aromatic carbocycles. The molecule has 0 radical (unpaired) electrons. The highest BCUT2D eigenvalue weighted by atomic mass is 16.6. The average molecular weight is 360 g/mol. The van der Waals surface area contributed by atoms with Crippen LogP contribution in [-0.4, -0.2) is 17.6 Å². The van der Waals surface area contributed by atoms with Crippen LogP contribution in [0.1, 0.15) is 52.4 Å². The number of rotatable bonds is 9. The Morgan fingerprint density at radius 1 is 1.12 bits per heavy atom. The minimum Gasteiger partial charge on any atom is -0.492 e. The Kier molecular flexibility index (Phi) is 7.06. The maximum Gasteiger partial charge on any atom is 0.308 e. The van der Waals surface area contributed by atoms with Crippen molar-refractivity contribution in [2.45, 2.75) is 58.9 Å². The van der Waals surface area contributed by atoms with Crippen LogP contribution in [0, 0.1) is 0 Å². The van der Waals surface area contributed by atoms with Crippen molar-refractivity contribution in [2.24, 2.45) is 0 Å². The van der Waals surface area contributed by atoms with Gasteiger partial charge in [0, 0.05) is 24.5 Å². The molecule has 0 atom stereocenters. The first-order valence-corrected chi connectivity index (χ1v) is 9.18. The lowest BCUT2D eigenvalue weighted by molar-refractivity contribution is -0.132. The number of nitrogen functional groups attached to an aromatic ring is 1. The van der Waals surface area contributed by atoms with E-state index in [1.807, 2.05) is 0 Å². The second kappa shape index (κ2) is 9.27. The molecule has 1 heterocycles. The second-order valence-electron chi connectivity index (χ2n) is 6.46. The predicted molar refractivity (Wildman–Crippen MR) is 104 cm³/mol. The van der Waals surface area contributed by atoms with E-state index in [0.29, 0.717) is 23.1 Å². The Morgan fingerprint density at radius 2 is 1.81 bits per heavy atom. The van der Waals surface area contributed by atoms with Crippen molar-refractivity contribution in [3.05, 3.63) is 28.6 Å². The van der Waals surface area contributed by atoms with E-state index in [1.165, 1.54) is 33.3 Å². The smallest absolute Gasteiger partial charge is 0.308 e. The number of ether oxygens (including phenoxy) is 2. The van der Waals surface area contributed by atoms with Crippen LogP contribution in [0.5, 0.6) is 11.5 Å². The molecule has 0 saturated heterocycles. The Morgan fingerprint density at radius 3 is 2.46 bits per heavy atom. The summed E-state index contributed by atoms with van der Waals surface area (Å²) in [4.78, 5) is 24.4. The SMILES string of the molecule is CCCCCCCCn1c(=O)c(OC(C)=O)c(OC)c2ccc(N)cc21. The van der Waals surface area contributed by atoms with E-state index in [0.717, 1.165) is 19.3 Å².